The Balaban J connectivity index is 1.63. The van der Waals surface area contributed by atoms with E-state index in [4.69, 9.17) is 0 Å². The number of Topliss-reactive ketones (excluding diaryl/α,β-unsaturated/α-hetero) is 2. The van der Waals surface area contributed by atoms with Crippen LogP contribution in [-0.2, 0) is 16.8 Å². The number of urea groups is 1. The Morgan fingerprint density at radius 2 is 2.04 bits per heavy atom. The molecule has 0 radical (unpaired) electrons. The van der Waals surface area contributed by atoms with Crippen LogP contribution < -0.4 is 5.32 Å². The van der Waals surface area contributed by atoms with E-state index < -0.39 is 17.4 Å². The zero-order valence-corrected chi connectivity index (χ0v) is 16.8. The number of nitrogens with zero attached hydrogens (tertiary/aromatic N) is 1. The fourth-order valence-corrected chi connectivity index (χ4v) is 5.46. The number of hydrogen-bond acceptors (Lipinski definition) is 5. The molecule has 7 nitrogen and oxygen atoms in total. The molecule has 1 spiro atoms. The summed E-state index contributed by atoms with van der Waals surface area (Å²) in [4.78, 5) is 55.5. The maximum atomic E-state index is 13.2. The molecule has 1 fully saturated rings. The van der Waals surface area contributed by atoms with Crippen LogP contribution in [0, 0.1) is 13.8 Å². The van der Waals surface area contributed by atoms with Crippen molar-refractivity contribution in [3.63, 3.8) is 0 Å². The summed E-state index contributed by atoms with van der Waals surface area (Å²) in [5, 5.41) is 4.78. The summed E-state index contributed by atoms with van der Waals surface area (Å²) in [6.07, 6.45) is 2.23. The van der Waals surface area contributed by atoms with E-state index in [2.05, 4.69) is 10.3 Å². The summed E-state index contributed by atoms with van der Waals surface area (Å²) in [7, 11) is 0. The number of nitrogens with one attached hydrogen (secondary N) is 2. The van der Waals surface area contributed by atoms with Gasteiger partial charge in [-0.15, -0.1) is 11.3 Å². The van der Waals surface area contributed by atoms with Gasteiger partial charge in [0.2, 0.25) is 0 Å². The number of ketones is 2. The fourth-order valence-electron chi connectivity index (χ4n) is 4.46. The molecule has 1 aliphatic heterocycles. The third-order valence-electron chi connectivity index (χ3n) is 5.71. The van der Waals surface area contributed by atoms with Gasteiger partial charge in [0.1, 0.15) is 5.54 Å². The van der Waals surface area contributed by atoms with Crippen molar-refractivity contribution >= 4 is 34.8 Å². The van der Waals surface area contributed by atoms with Crippen LogP contribution in [-0.4, -0.2) is 39.9 Å². The number of amides is 3. The van der Waals surface area contributed by atoms with Crippen LogP contribution in [0.2, 0.25) is 0 Å². The van der Waals surface area contributed by atoms with Gasteiger partial charge < -0.3 is 10.3 Å². The van der Waals surface area contributed by atoms with Crippen molar-refractivity contribution in [3.05, 3.63) is 44.4 Å². The van der Waals surface area contributed by atoms with Gasteiger partial charge in [0.15, 0.2) is 11.6 Å². The Labute approximate surface area is 166 Å². The molecule has 0 bridgehead atoms. The number of carbonyl (C=O) groups excluding carboxylic acids is 4. The molecule has 0 unspecified atom stereocenters. The number of rotatable bonds is 4. The molecular weight excluding hydrogens is 378 g/mol. The Hall–Kier alpha value is -2.74. The second-order valence-electron chi connectivity index (χ2n) is 7.44. The van der Waals surface area contributed by atoms with E-state index in [0.29, 0.717) is 23.2 Å². The summed E-state index contributed by atoms with van der Waals surface area (Å²) in [6, 6.07) is 1.34. The third kappa shape index (κ3) is 2.55. The smallest absolute Gasteiger partial charge is 0.325 e. The number of aromatic amines is 1. The van der Waals surface area contributed by atoms with E-state index in [1.807, 2.05) is 11.4 Å². The highest BCUT2D eigenvalue weighted by Crippen LogP contribution is 2.42. The number of fused-ring (bicyclic) bond motifs is 2. The maximum absolute atomic E-state index is 13.2. The van der Waals surface area contributed by atoms with E-state index >= 15 is 0 Å². The lowest BCUT2D eigenvalue weighted by Crippen LogP contribution is -2.46. The first kappa shape index (κ1) is 18.6. The summed E-state index contributed by atoms with van der Waals surface area (Å²) in [5.41, 5.74) is 1.70. The molecule has 0 saturated carbocycles. The number of carbonyl (C=O) groups is 4. The van der Waals surface area contributed by atoms with Gasteiger partial charge in [-0.3, -0.25) is 19.3 Å². The highest BCUT2D eigenvalue weighted by molar-refractivity contribution is 7.10. The standard InChI is InChI=1S/C20H21N3O4S/c1-10-16(12(3)24)11(2)21-17(10)14(25)9-23-18(26)20(22-19(23)27)7-4-5-15-13(20)6-8-28-15/h6,8,21H,4-5,7,9H2,1-3H3,(H,22,27)/t20-/m0/s1. The van der Waals surface area contributed by atoms with Crippen molar-refractivity contribution < 1.29 is 19.2 Å². The first-order chi connectivity index (χ1) is 13.3. The van der Waals surface area contributed by atoms with Gasteiger partial charge in [0.05, 0.1) is 12.2 Å². The number of aromatic nitrogens is 1. The average molecular weight is 399 g/mol. The Bertz CT molecular complexity index is 1030. The lowest BCUT2D eigenvalue weighted by atomic mass is 9.80. The number of hydrogen-bond donors (Lipinski definition) is 2. The predicted molar refractivity (Wildman–Crippen MR) is 104 cm³/mol. The highest BCUT2D eigenvalue weighted by Gasteiger charge is 2.54. The van der Waals surface area contributed by atoms with Crippen molar-refractivity contribution in [1.29, 1.82) is 0 Å². The fraction of sp³-hybridized carbons (Fsp3) is 0.400. The SMILES string of the molecule is CC(=O)c1c(C)[nH]c(C(=O)CN2C(=O)N[C@]3(CCCc4sccc43)C2=O)c1C. The molecule has 2 aromatic rings. The highest BCUT2D eigenvalue weighted by atomic mass is 32.1. The van der Waals surface area contributed by atoms with Crippen LogP contribution >= 0.6 is 11.3 Å². The quantitative estimate of drug-likeness (QED) is 0.610. The van der Waals surface area contributed by atoms with E-state index in [0.717, 1.165) is 28.2 Å². The van der Waals surface area contributed by atoms with Crippen molar-refractivity contribution in [2.24, 2.45) is 0 Å². The van der Waals surface area contributed by atoms with Crippen LogP contribution in [0.25, 0.3) is 0 Å². The maximum Gasteiger partial charge on any atom is 0.325 e. The lowest BCUT2D eigenvalue weighted by Gasteiger charge is -2.31. The zero-order chi connectivity index (χ0) is 20.2. The van der Waals surface area contributed by atoms with Crippen LogP contribution in [0.4, 0.5) is 4.79 Å². The van der Waals surface area contributed by atoms with Crippen molar-refractivity contribution in [1.82, 2.24) is 15.2 Å². The Morgan fingerprint density at radius 1 is 1.29 bits per heavy atom. The molecule has 1 aliphatic carbocycles. The minimum Gasteiger partial charge on any atom is -0.355 e. The molecule has 2 aromatic heterocycles. The van der Waals surface area contributed by atoms with E-state index in [1.165, 1.54) is 6.92 Å². The summed E-state index contributed by atoms with van der Waals surface area (Å²) >= 11 is 1.58. The second-order valence-corrected chi connectivity index (χ2v) is 8.44. The molecule has 4 rings (SSSR count). The molecule has 2 N–H and O–H groups in total. The van der Waals surface area contributed by atoms with Crippen molar-refractivity contribution in [2.45, 2.75) is 45.6 Å². The minimum absolute atomic E-state index is 0.133. The van der Waals surface area contributed by atoms with E-state index in [-0.39, 0.29) is 23.9 Å². The second kappa shape index (κ2) is 6.41. The number of aryl methyl sites for hydroxylation is 2. The number of thiophene rings is 1. The Morgan fingerprint density at radius 3 is 2.71 bits per heavy atom. The molecular formula is C20H21N3O4S. The van der Waals surface area contributed by atoms with E-state index in [1.54, 1.807) is 25.2 Å². The minimum atomic E-state index is -1.06. The van der Waals surface area contributed by atoms with E-state index in [9.17, 15) is 19.2 Å². The lowest BCUT2D eigenvalue weighted by molar-refractivity contribution is -0.131. The van der Waals surface area contributed by atoms with Gasteiger partial charge >= 0.3 is 6.03 Å². The van der Waals surface area contributed by atoms with Crippen molar-refractivity contribution in [3.8, 4) is 0 Å². The predicted octanol–water partition coefficient (Wildman–Crippen LogP) is 2.86. The normalized spacial score (nSPS) is 21.2. The van der Waals surface area contributed by atoms with Gasteiger partial charge in [-0.2, -0.15) is 0 Å². The molecule has 146 valence electrons. The molecule has 3 amide bonds. The summed E-state index contributed by atoms with van der Waals surface area (Å²) < 4.78 is 0. The molecule has 2 aliphatic rings. The topological polar surface area (TPSA) is 99.3 Å². The molecule has 1 atom stereocenters. The zero-order valence-electron chi connectivity index (χ0n) is 16.0. The van der Waals surface area contributed by atoms with Crippen LogP contribution in [0.5, 0.6) is 0 Å². The summed E-state index contributed by atoms with van der Waals surface area (Å²) in [6.45, 7) is 4.51. The van der Waals surface area contributed by atoms with Gasteiger partial charge in [0.25, 0.3) is 5.91 Å². The molecule has 8 heteroatoms. The monoisotopic (exact) mass is 399 g/mol. The first-order valence-electron chi connectivity index (χ1n) is 9.20. The average Bonchev–Trinajstić information content (AvgIpc) is 3.28. The molecule has 3 heterocycles. The van der Waals surface area contributed by atoms with Crippen LogP contribution in [0.15, 0.2) is 11.4 Å². The van der Waals surface area contributed by atoms with Crippen LogP contribution in [0.3, 0.4) is 0 Å². The van der Waals surface area contributed by atoms with Crippen LogP contribution in [0.1, 0.15) is 62.3 Å². The largest absolute Gasteiger partial charge is 0.355 e. The molecule has 1 saturated heterocycles. The molecule has 28 heavy (non-hydrogen) atoms. The van der Waals surface area contributed by atoms with Gasteiger partial charge in [-0.1, -0.05) is 0 Å². The Kier molecular flexibility index (Phi) is 4.26. The third-order valence-corrected chi connectivity index (χ3v) is 6.69. The van der Waals surface area contributed by atoms with Crippen molar-refractivity contribution in [2.75, 3.05) is 6.54 Å². The van der Waals surface area contributed by atoms with Gasteiger partial charge in [-0.25, -0.2) is 4.79 Å². The molecule has 0 aromatic carbocycles. The number of H-pyrrole nitrogens is 1. The van der Waals surface area contributed by atoms with Gasteiger partial charge in [-0.05, 0) is 57.0 Å². The summed E-state index contributed by atoms with van der Waals surface area (Å²) in [5.74, 6) is -0.903. The first-order valence-corrected chi connectivity index (χ1v) is 10.1. The van der Waals surface area contributed by atoms with Gasteiger partial charge in [0, 0.05) is 21.7 Å². The number of imide groups is 1.